The zero-order valence-electron chi connectivity index (χ0n) is 15.2. The van der Waals surface area contributed by atoms with Crippen LogP contribution >= 0.6 is 0 Å². The van der Waals surface area contributed by atoms with Crippen LogP contribution in [0.3, 0.4) is 0 Å². The van der Waals surface area contributed by atoms with Crippen molar-refractivity contribution < 1.29 is 5.11 Å². The summed E-state index contributed by atoms with van der Waals surface area (Å²) in [5.41, 5.74) is 3.84. The lowest BCUT2D eigenvalue weighted by Gasteiger charge is -2.21. The summed E-state index contributed by atoms with van der Waals surface area (Å²) < 4.78 is 0. The van der Waals surface area contributed by atoms with Crippen LogP contribution in [0.2, 0.25) is 0 Å². The van der Waals surface area contributed by atoms with Crippen LogP contribution in [0.4, 0.5) is 23.1 Å². The van der Waals surface area contributed by atoms with Gasteiger partial charge in [0.1, 0.15) is 11.6 Å². The van der Waals surface area contributed by atoms with E-state index >= 15 is 0 Å². The van der Waals surface area contributed by atoms with Gasteiger partial charge < -0.3 is 15.3 Å². The minimum Gasteiger partial charge on any atom is -0.508 e. The Morgan fingerprint density at radius 2 is 1.63 bits per heavy atom. The maximum absolute atomic E-state index is 9.96. The third-order valence-electron chi connectivity index (χ3n) is 4.51. The normalized spacial score (nSPS) is 10.7. The molecule has 0 unspecified atom stereocenters. The lowest BCUT2D eigenvalue weighted by atomic mass is 10.2. The molecular weight excluding hydrogens is 336 g/mol. The topological polar surface area (TPSA) is 61.3 Å². The van der Waals surface area contributed by atoms with Crippen molar-refractivity contribution in [3.63, 3.8) is 0 Å². The highest BCUT2D eigenvalue weighted by Gasteiger charge is 2.14. The molecular formula is C22H20N4O. The number of aromatic nitrogens is 2. The smallest absolute Gasteiger partial charge is 0.229 e. The Bertz CT molecular complexity index is 1100. The summed E-state index contributed by atoms with van der Waals surface area (Å²) in [4.78, 5) is 11.4. The van der Waals surface area contributed by atoms with Crippen molar-refractivity contribution in [2.24, 2.45) is 0 Å². The van der Waals surface area contributed by atoms with E-state index in [1.807, 2.05) is 73.5 Å². The molecule has 0 saturated carbocycles. The van der Waals surface area contributed by atoms with Crippen LogP contribution in [0.25, 0.3) is 10.9 Å². The second-order valence-electron chi connectivity index (χ2n) is 6.41. The second-order valence-corrected chi connectivity index (χ2v) is 6.41. The van der Waals surface area contributed by atoms with Crippen LogP contribution in [0, 0.1) is 6.92 Å². The Morgan fingerprint density at radius 3 is 2.41 bits per heavy atom. The second kappa shape index (κ2) is 6.96. The molecule has 5 heteroatoms. The SMILES string of the molecule is Cc1ccccc1Nc1nc(N(C)c2ccccc2)c2cc(O)ccc2n1. The first-order chi connectivity index (χ1) is 13.1. The highest BCUT2D eigenvalue weighted by Crippen LogP contribution is 2.32. The summed E-state index contributed by atoms with van der Waals surface area (Å²) in [6.07, 6.45) is 0. The number of benzene rings is 3. The van der Waals surface area contributed by atoms with E-state index in [0.29, 0.717) is 5.95 Å². The Morgan fingerprint density at radius 1 is 0.889 bits per heavy atom. The predicted octanol–water partition coefficient (Wildman–Crippen LogP) is 5.16. The number of anilines is 4. The van der Waals surface area contributed by atoms with Gasteiger partial charge in [-0.3, -0.25) is 0 Å². The molecule has 3 aromatic carbocycles. The lowest BCUT2D eigenvalue weighted by Crippen LogP contribution is -2.13. The van der Waals surface area contributed by atoms with E-state index in [1.54, 1.807) is 18.2 Å². The van der Waals surface area contributed by atoms with Gasteiger partial charge in [0.25, 0.3) is 0 Å². The van der Waals surface area contributed by atoms with Crippen LogP contribution in [-0.4, -0.2) is 22.1 Å². The quantitative estimate of drug-likeness (QED) is 0.529. The number of phenols is 1. The standard InChI is InChI=1S/C22H20N4O/c1-15-8-6-7-11-19(15)23-22-24-20-13-12-17(27)14-18(20)21(25-22)26(2)16-9-4-3-5-10-16/h3-14,27H,1-2H3,(H,23,24,25). The zero-order chi connectivity index (χ0) is 18.8. The molecule has 1 heterocycles. The molecule has 0 aliphatic carbocycles. The van der Waals surface area contributed by atoms with Crippen molar-refractivity contribution in [2.45, 2.75) is 6.92 Å². The van der Waals surface area contributed by atoms with Crippen molar-refractivity contribution in [1.82, 2.24) is 9.97 Å². The van der Waals surface area contributed by atoms with Gasteiger partial charge in [0, 0.05) is 23.8 Å². The van der Waals surface area contributed by atoms with Crippen LogP contribution in [-0.2, 0) is 0 Å². The van der Waals surface area contributed by atoms with Crippen molar-refractivity contribution in [1.29, 1.82) is 0 Å². The molecule has 2 N–H and O–H groups in total. The molecule has 0 aliphatic rings. The zero-order valence-corrected chi connectivity index (χ0v) is 15.2. The Kier molecular flexibility index (Phi) is 4.34. The van der Waals surface area contributed by atoms with Crippen LogP contribution in [0.5, 0.6) is 5.75 Å². The highest BCUT2D eigenvalue weighted by atomic mass is 16.3. The summed E-state index contributed by atoms with van der Waals surface area (Å²) in [5.74, 6) is 1.42. The lowest BCUT2D eigenvalue weighted by molar-refractivity contribution is 0.476. The van der Waals surface area contributed by atoms with Gasteiger partial charge >= 0.3 is 0 Å². The number of aryl methyl sites for hydroxylation is 1. The monoisotopic (exact) mass is 356 g/mol. The predicted molar refractivity (Wildman–Crippen MR) is 110 cm³/mol. The fourth-order valence-electron chi connectivity index (χ4n) is 3.02. The van der Waals surface area contributed by atoms with Crippen molar-refractivity contribution in [2.75, 3.05) is 17.3 Å². The van der Waals surface area contributed by atoms with E-state index in [2.05, 4.69) is 10.3 Å². The molecule has 0 aliphatic heterocycles. The summed E-state index contributed by atoms with van der Waals surface area (Å²) >= 11 is 0. The number of fused-ring (bicyclic) bond motifs is 1. The van der Waals surface area contributed by atoms with Gasteiger partial charge in [-0.2, -0.15) is 4.98 Å². The maximum Gasteiger partial charge on any atom is 0.229 e. The van der Waals surface area contributed by atoms with Crippen LogP contribution in [0.1, 0.15) is 5.56 Å². The van der Waals surface area contributed by atoms with Gasteiger partial charge in [0.15, 0.2) is 0 Å². The molecule has 0 fully saturated rings. The molecule has 0 amide bonds. The van der Waals surface area contributed by atoms with Crippen molar-refractivity contribution >= 4 is 34.0 Å². The van der Waals surface area contributed by atoms with Crippen molar-refractivity contribution in [3.05, 3.63) is 78.4 Å². The minimum atomic E-state index is 0.188. The van der Waals surface area contributed by atoms with Gasteiger partial charge in [0.05, 0.1) is 5.52 Å². The number of nitrogens with one attached hydrogen (secondary N) is 1. The molecule has 0 radical (unpaired) electrons. The number of aromatic hydroxyl groups is 1. The molecule has 134 valence electrons. The van der Waals surface area contributed by atoms with Gasteiger partial charge in [-0.15, -0.1) is 0 Å². The highest BCUT2D eigenvalue weighted by molar-refractivity contribution is 5.93. The number of hydrogen-bond donors (Lipinski definition) is 2. The maximum atomic E-state index is 9.96. The minimum absolute atomic E-state index is 0.188. The van der Waals surface area contributed by atoms with Gasteiger partial charge in [0.2, 0.25) is 5.95 Å². The largest absolute Gasteiger partial charge is 0.508 e. The van der Waals surface area contributed by atoms with E-state index in [4.69, 9.17) is 4.98 Å². The number of nitrogens with zero attached hydrogens (tertiary/aromatic N) is 3. The van der Waals surface area contributed by atoms with E-state index in [9.17, 15) is 5.11 Å². The molecule has 0 bridgehead atoms. The summed E-state index contributed by atoms with van der Waals surface area (Å²) in [5, 5.41) is 14.1. The van der Waals surface area contributed by atoms with E-state index < -0.39 is 0 Å². The fourth-order valence-corrected chi connectivity index (χ4v) is 3.02. The van der Waals surface area contributed by atoms with Gasteiger partial charge in [-0.1, -0.05) is 36.4 Å². The van der Waals surface area contributed by atoms with Crippen molar-refractivity contribution in [3.8, 4) is 5.75 Å². The van der Waals surface area contributed by atoms with E-state index in [0.717, 1.165) is 33.7 Å². The van der Waals surface area contributed by atoms with Crippen LogP contribution < -0.4 is 10.2 Å². The van der Waals surface area contributed by atoms with E-state index in [1.165, 1.54) is 0 Å². The van der Waals surface area contributed by atoms with Gasteiger partial charge in [-0.25, -0.2) is 4.98 Å². The molecule has 0 saturated heterocycles. The summed E-state index contributed by atoms with van der Waals surface area (Å²) in [7, 11) is 1.96. The molecule has 0 spiro atoms. The number of para-hydroxylation sites is 2. The molecule has 5 nitrogen and oxygen atoms in total. The molecule has 4 aromatic rings. The van der Waals surface area contributed by atoms with E-state index in [-0.39, 0.29) is 5.75 Å². The van der Waals surface area contributed by atoms with Gasteiger partial charge in [-0.05, 0) is 48.9 Å². The third-order valence-corrected chi connectivity index (χ3v) is 4.51. The summed E-state index contributed by atoms with van der Waals surface area (Å²) in [6, 6.07) is 23.1. The Labute approximate surface area is 158 Å². The third kappa shape index (κ3) is 3.40. The first-order valence-electron chi connectivity index (χ1n) is 8.74. The fraction of sp³-hybridized carbons (Fsp3) is 0.0909. The Hall–Kier alpha value is -3.60. The Balaban J connectivity index is 1.85. The molecule has 0 atom stereocenters. The molecule has 4 rings (SSSR count). The first kappa shape index (κ1) is 16.8. The molecule has 27 heavy (non-hydrogen) atoms. The number of phenolic OH excluding ortho intramolecular Hbond substituents is 1. The first-order valence-corrected chi connectivity index (χ1v) is 8.74. The average Bonchev–Trinajstić information content (AvgIpc) is 2.69. The number of rotatable bonds is 4. The average molecular weight is 356 g/mol. The van der Waals surface area contributed by atoms with Crippen LogP contribution in [0.15, 0.2) is 72.8 Å². The summed E-state index contributed by atoms with van der Waals surface area (Å²) in [6.45, 7) is 2.04. The molecule has 1 aromatic heterocycles. The number of hydrogen-bond acceptors (Lipinski definition) is 5.